The first kappa shape index (κ1) is 18.1. The highest BCUT2D eigenvalue weighted by molar-refractivity contribution is 6.42. The van der Waals surface area contributed by atoms with E-state index in [1.807, 2.05) is 23.1 Å². The number of hydrogen-bond donors (Lipinski definition) is 2. The Balaban J connectivity index is 1.38. The summed E-state index contributed by atoms with van der Waals surface area (Å²) >= 11 is 12.3. The lowest BCUT2D eigenvalue weighted by molar-refractivity contribution is -0.120. The van der Waals surface area contributed by atoms with Crippen LogP contribution in [-0.4, -0.2) is 36.4 Å². The Morgan fingerprint density at radius 2 is 2.11 bits per heavy atom. The SMILES string of the molecule is O=C1CN(c2ccc(NC(=O)[C@@H]3C[C@H]3c3cccc(Cl)c3Cl)cn2)CCN1. The van der Waals surface area contributed by atoms with Gasteiger partial charge in [-0.1, -0.05) is 35.3 Å². The largest absolute Gasteiger partial charge is 0.353 e. The Kier molecular flexibility index (Phi) is 4.93. The number of hydrogen-bond acceptors (Lipinski definition) is 4. The van der Waals surface area contributed by atoms with Gasteiger partial charge in [-0.05, 0) is 36.1 Å². The second kappa shape index (κ2) is 7.37. The molecule has 1 aliphatic heterocycles. The summed E-state index contributed by atoms with van der Waals surface area (Å²) in [6, 6.07) is 9.12. The van der Waals surface area contributed by atoms with E-state index in [1.165, 1.54) is 0 Å². The molecule has 1 saturated heterocycles. The lowest BCUT2D eigenvalue weighted by Gasteiger charge is -2.27. The van der Waals surface area contributed by atoms with E-state index in [0.717, 1.165) is 17.8 Å². The molecule has 0 spiro atoms. The van der Waals surface area contributed by atoms with Crippen molar-refractivity contribution in [3.63, 3.8) is 0 Å². The van der Waals surface area contributed by atoms with Crippen molar-refractivity contribution in [2.24, 2.45) is 5.92 Å². The van der Waals surface area contributed by atoms with Crippen LogP contribution in [0.5, 0.6) is 0 Å². The minimum Gasteiger partial charge on any atom is -0.353 e. The minimum atomic E-state index is -0.119. The van der Waals surface area contributed by atoms with Gasteiger partial charge in [0.25, 0.3) is 0 Å². The fraction of sp³-hybridized carbons (Fsp3) is 0.316. The molecule has 1 aliphatic carbocycles. The Morgan fingerprint density at radius 1 is 1.26 bits per heavy atom. The molecule has 2 heterocycles. The molecular formula is C19H18Cl2N4O2. The molecule has 2 aliphatic rings. The van der Waals surface area contributed by atoms with Gasteiger partial charge in [-0.2, -0.15) is 0 Å². The predicted octanol–water partition coefficient (Wildman–Crippen LogP) is 3.07. The van der Waals surface area contributed by atoms with Gasteiger partial charge in [0, 0.05) is 19.0 Å². The standard InChI is InChI=1S/C19H18Cl2N4O2/c20-15-3-1-2-12(18(15)21)13-8-14(13)19(27)24-11-4-5-16(23-9-11)25-7-6-22-17(26)10-25/h1-5,9,13-14H,6-8,10H2,(H,22,26)(H,24,27)/t13-,14+/m0/s1. The number of aromatic nitrogens is 1. The highest BCUT2D eigenvalue weighted by atomic mass is 35.5. The van der Waals surface area contributed by atoms with Crippen molar-refractivity contribution >= 4 is 46.5 Å². The normalized spacial score (nSPS) is 21.6. The number of pyridine rings is 1. The second-order valence-electron chi connectivity index (χ2n) is 6.76. The molecule has 0 bridgehead atoms. The van der Waals surface area contributed by atoms with Crippen molar-refractivity contribution < 1.29 is 9.59 Å². The van der Waals surface area contributed by atoms with Gasteiger partial charge in [-0.3, -0.25) is 9.59 Å². The number of benzene rings is 1. The highest BCUT2D eigenvalue weighted by Crippen LogP contribution is 2.51. The number of rotatable bonds is 4. The molecule has 140 valence electrons. The van der Waals surface area contributed by atoms with Gasteiger partial charge in [0.15, 0.2) is 0 Å². The summed E-state index contributed by atoms with van der Waals surface area (Å²) in [5.74, 6) is 0.627. The summed E-state index contributed by atoms with van der Waals surface area (Å²) in [6.07, 6.45) is 2.36. The summed E-state index contributed by atoms with van der Waals surface area (Å²) in [5.41, 5.74) is 1.55. The van der Waals surface area contributed by atoms with Crippen molar-refractivity contribution in [1.29, 1.82) is 0 Å². The zero-order chi connectivity index (χ0) is 19.0. The number of halogens is 2. The zero-order valence-electron chi connectivity index (χ0n) is 14.4. The number of nitrogens with zero attached hydrogens (tertiary/aromatic N) is 2. The Bertz CT molecular complexity index is 888. The van der Waals surface area contributed by atoms with Gasteiger partial charge < -0.3 is 15.5 Å². The van der Waals surface area contributed by atoms with Crippen LogP contribution >= 0.6 is 23.2 Å². The number of piperazine rings is 1. The number of nitrogens with one attached hydrogen (secondary N) is 2. The van der Waals surface area contributed by atoms with Crippen LogP contribution in [0.1, 0.15) is 17.9 Å². The van der Waals surface area contributed by atoms with Gasteiger partial charge in [0.05, 0.1) is 28.5 Å². The van der Waals surface area contributed by atoms with Crippen LogP contribution in [0.3, 0.4) is 0 Å². The smallest absolute Gasteiger partial charge is 0.239 e. The summed E-state index contributed by atoms with van der Waals surface area (Å²) in [6.45, 7) is 1.62. The van der Waals surface area contributed by atoms with E-state index in [1.54, 1.807) is 18.3 Å². The first-order chi connectivity index (χ1) is 13.0. The van der Waals surface area contributed by atoms with Crippen LogP contribution in [0.4, 0.5) is 11.5 Å². The molecule has 1 aromatic heterocycles. The van der Waals surface area contributed by atoms with Crippen molar-refractivity contribution in [1.82, 2.24) is 10.3 Å². The van der Waals surface area contributed by atoms with Crippen molar-refractivity contribution in [3.8, 4) is 0 Å². The maximum Gasteiger partial charge on any atom is 0.239 e. The molecule has 1 aromatic carbocycles. The molecule has 2 aromatic rings. The topological polar surface area (TPSA) is 74.3 Å². The molecule has 2 amide bonds. The first-order valence-electron chi connectivity index (χ1n) is 8.75. The van der Waals surface area contributed by atoms with Crippen molar-refractivity contribution in [2.45, 2.75) is 12.3 Å². The third-order valence-corrected chi connectivity index (χ3v) is 5.72. The molecule has 0 unspecified atom stereocenters. The molecule has 1 saturated carbocycles. The van der Waals surface area contributed by atoms with Gasteiger partial charge in [-0.15, -0.1) is 0 Å². The molecule has 0 radical (unpaired) electrons. The average Bonchev–Trinajstić information content (AvgIpc) is 3.45. The highest BCUT2D eigenvalue weighted by Gasteiger charge is 2.45. The monoisotopic (exact) mass is 404 g/mol. The Morgan fingerprint density at radius 3 is 2.85 bits per heavy atom. The van der Waals surface area contributed by atoms with E-state index in [9.17, 15) is 9.59 Å². The third kappa shape index (κ3) is 3.87. The van der Waals surface area contributed by atoms with Gasteiger partial charge in [0.2, 0.25) is 11.8 Å². The lowest BCUT2D eigenvalue weighted by Crippen LogP contribution is -2.48. The molecule has 2 N–H and O–H groups in total. The molecule has 2 fully saturated rings. The molecule has 27 heavy (non-hydrogen) atoms. The first-order valence-corrected chi connectivity index (χ1v) is 9.51. The summed E-state index contributed by atoms with van der Waals surface area (Å²) in [5, 5.41) is 6.71. The zero-order valence-corrected chi connectivity index (χ0v) is 15.9. The predicted molar refractivity (Wildman–Crippen MR) is 105 cm³/mol. The molecular weight excluding hydrogens is 387 g/mol. The van der Waals surface area contributed by atoms with Gasteiger partial charge in [-0.25, -0.2) is 4.98 Å². The van der Waals surface area contributed by atoms with Crippen LogP contribution in [0, 0.1) is 5.92 Å². The second-order valence-corrected chi connectivity index (χ2v) is 7.54. The van der Waals surface area contributed by atoms with Crippen LogP contribution in [0.25, 0.3) is 0 Å². The van der Waals surface area contributed by atoms with E-state index in [2.05, 4.69) is 15.6 Å². The van der Waals surface area contributed by atoms with E-state index < -0.39 is 0 Å². The van der Waals surface area contributed by atoms with Gasteiger partial charge in [0.1, 0.15) is 5.82 Å². The maximum atomic E-state index is 12.5. The van der Waals surface area contributed by atoms with Gasteiger partial charge >= 0.3 is 0 Å². The summed E-state index contributed by atoms with van der Waals surface area (Å²) in [4.78, 5) is 30.3. The Labute approximate surface area is 166 Å². The third-order valence-electron chi connectivity index (χ3n) is 4.89. The average molecular weight is 405 g/mol. The lowest BCUT2D eigenvalue weighted by atomic mass is 10.1. The fourth-order valence-corrected chi connectivity index (χ4v) is 3.80. The number of amides is 2. The summed E-state index contributed by atoms with van der Waals surface area (Å²) < 4.78 is 0. The van der Waals surface area contributed by atoms with E-state index in [-0.39, 0.29) is 23.7 Å². The summed E-state index contributed by atoms with van der Waals surface area (Å²) in [7, 11) is 0. The molecule has 4 rings (SSSR count). The van der Waals surface area contributed by atoms with E-state index in [0.29, 0.717) is 35.4 Å². The molecule has 8 heteroatoms. The number of anilines is 2. The van der Waals surface area contributed by atoms with Crippen LogP contribution in [0.15, 0.2) is 36.5 Å². The molecule has 2 atom stereocenters. The van der Waals surface area contributed by atoms with Crippen molar-refractivity contribution in [2.75, 3.05) is 29.9 Å². The van der Waals surface area contributed by atoms with E-state index in [4.69, 9.17) is 23.2 Å². The van der Waals surface area contributed by atoms with Crippen LogP contribution in [-0.2, 0) is 9.59 Å². The minimum absolute atomic E-state index is 0.0140. The maximum absolute atomic E-state index is 12.5. The number of carbonyl (C=O) groups is 2. The van der Waals surface area contributed by atoms with Crippen LogP contribution < -0.4 is 15.5 Å². The van der Waals surface area contributed by atoms with Crippen molar-refractivity contribution in [3.05, 3.63) is 52.1 Å². The van der Waals surface area contributed by atoms with Crippen LogP contribution in [0.2, 0.25) is 10.0 Å². The number of carbonyl (C=O) groups excluding carboxylic acids is 2. The molecule has 6 nitrogen and oxygen atoms in total. The quantitative estimate of drug-likeness (QED) is 0.820. The fourth-order valence-electron chi connectivity index (χ4n) is 3.35. The van der Waals surface area contributed by atoms with E-state index >= 15 is 0 Å². The Hall–Kier alpha value is -2.31.